The molecule has 0 saturated carbocycles. The average Bonchev–Trinajstić information content (AvgIpc) is 2.33. The molecule has 0 fully saturated rings. The van der Waals surface area contributed by atoms with Crippen molar-refractivity contribution < 1.29 is 18.3 Å². The van der Waals surface area contributed by atoms with E-state index in [4.69, 9.17) is 10.00 Å². The number of nitriles is 1. The lowest BCUT2D eigenvalue weighted by Gasteiger charge is -2.27. The summed E-state index contributed by atoms with van der Waals surface area (Å²) >= 11 is 0. The van der Waals surface area contributed by atoms with Crippen molar-refractivity contribution in [3.8, 4) is 11.8 Å². The molecule has 0 N–H and O–H groups in total. The van der Waals surface area contributed by atoms with E-state index in [1.807, 2.05) is 0 Å². The summed E-state index contributed by atoms with van der Waals surface area (Å²) in [5.74, 6) is -3.15. The summed E-state index contributed by atoms with van der Waals surface area (Å²) < 4.78 is 32.3. The van der Waals surface area contributed by atoms with Crippen LogP contribution in [0.2, 0.25) is 0 Å². The van der Waals surface area contributed by atoms with Crippen LogP contribution in [0.3, 0.4) is 0 Å². The lowest BCUT2D eigenvalue weighted by atomic mass is 10.0. The molecule has 6 heteroatoms. The number of fused-ring (bicyclic) bond motifs is 1. The van der Waals surface area contributed by atoms with Crippen LogP contribution in [-0.2, 0) is 10.7 Å². The molecule has 0 bridgehead atoms. The molecule has 1 aliphatic heterocycles. The van der Waals surface area contributed by atoms with Crippen molar-refractivity contribution >= 4 is 11.6 Å². The molecular formula is C12H10F2N2O2. The van der Waals surface area contributed by atoms with Crippen molar-refractivity contribution in [2.45, 2.75) is 12.3 Å². The lowest BCUT2D eigenvalue weighted by Crippen LogP contribution is -2.35. The Kier molecular flexibility index (Phi) is 2.91. The van der Waals surface area contributed by atoms with Gasteiger partial charge in [-0.25, -0.2) is 8.78 Å². The van der Waals surface area contributed by atoms with Gasteiger partial charge in [0.15, 0.2) is 6.61 Å². The van der Waals surface area contributed by atoms with E-state index in [1.54, 1.807) is 0 Å². The fraction of sp³-hybridized carbons (Fsp3) is 0.333. The number of carbonyl (C=O) groups excluding carboxylic acids is 1. The van der Waals surface area contributed by atoms with Crippen LogP contribution in [-0.4, -0.2) is 19.6 Å². The van der Waals surface area contributed by atoms with Crippen LogP contribution in [0, 0.1) is 11.3 Å². The van der Waals surface area contributed by atoms with Crippen LogP contribution in [0.4, 0.5) is 14.5 Å². The molecule has 0 aromatic heterocycles. The molecule has 1 amide bonds. The molecule has 94 valence electrons. The third-order valence-corrected chi connectivity index (χ3v) is 2.77. The van der Waals surface area contributed by atoms with E-state index in [0.717, 1.165) is 0 Å². The summed E-state index contributed by atoms with van der Waals surface area (Å²) in [7, 11) is 1.50. The topological polar surface area (TPSA) is 53.3 Å². The zero-order valence-corrected chi connectivity index (χ0v) is 9.61. The molecule has 0 aliphatic carbocycles. The Morgan fingerprint density at radius 1 is 1.56 bits per heavy atom. The van der Waals surface area contributed by atoms with Gasteiger partial charge in [0.2, 0.25) is 0 Å². The maximum atomic E-state index is 13.6. The largest absolute Gasteiger partial charge is 0.482 e. The second-order valence-corrected chi connectivity index (χ2v) is 3.96. The molecule has 0 spiro atoms. The van der Waals surface area contributed by atoms with E-state index in [1.165, 1.54) is 36.2 Å². The van der Waals surface area contributed by atoms with E-state index < -0.39 is 12.3 Å². The van der Waals surface area contributed by atoms with Gasteiger partial charge in [0, 0.05) is 12.6 Å². The van der Waals surface area contributed by atoms with Crippen LogP contribution in [0.1, 0.15) is 12.0 Å². The average molecular weight is 252 g/mol. The summed E-state index contributed by atoms with van der Waals surface area (Å²) in [6.07, 6.45) is -0.899. The number of likely N-dealkylation sites (N-methyl/N-ethyl adjacent to an activating group) is 1. The van der Waals surface area contributed by atoms with Gasteiger partial charge in [-0.1, -0.05) is 0 Å². The number of alkyl halides is 2. The summed E-state index contributed by atoms with van der Waals surface area (Å²) in [6.45, 7) is -0.0998. The van der Waals surface area contributed by atoms with Crippen LogP contribution in [0.25, 0.3) is 0 Å². The van der Waals surface area contributed by atoms with Crippen LogP contribution >= 0.6 is 0 Å². The van der Waals surface area contributed by atoms with Crippen molar-refractivity contribution in [3.63, 3.8) is 0 Å². The summed E-state index contributed by atoms with van der Waals surface area (Å²) in [4.78, 5) is 12.7. The van der Waals surface area contributed by atoms with Crippen LogP contribution in [0.5, 0.6) is 5.75 Å². The second kappa shape index (κ2) is 4.26. The number of amides is 1. The first-order valence-corrected chi connectivity index (χ1v) is 5.24. The van der Waals surface area contributed by atoms with Gasteiger partial charge in [-0.15, -0.1) is 0 Å². The third-order valence-electron chi connectivity index (χ3n) is 2.77. The molecule has 2 rings (SSSR count). The Morgan fingerprint density at radius 2 is 2.28 bits per heavy atom. The van der Waals surface area contributed by atoms with Crippen LogP contribution < -0.4 is 9.64 Å². The highest BCUT2D eigenvalue weighted by molar-refractivity contribution is 5.97. The number of hydrogen-bond acceptors (Lipinski definition) is 3. The maximum absolute atomic E-state index is 13.6. The van der Waals surface area contributed by atoms with Gasteiger partial charge in [0.05, 0.1) is 11.8 Å². The Hall–Kier alpha value is -2.16. The van der Waals surface area contributed by atoms with Crippen molar-refractivity contribution in [1.82, 2.24) is 0 Å². The van der Waals surface area contributed by atoms with Crippen molar-refractivity contribution in [2.24, 2.45) is 0 Å². The Bertz CT molecular complexity index is 537. The smallest absolute Gasteiger partial charge is 0.286 e. The number of benzene rings is 1. The van der Waals surface area contributed by atoms with E-state index in [-0.39, 0.29) is 18.1 Å². The van der Waals surface area contributed by atoms with Crippen LogP contribution in [0.15, 0.2) is 18.2 Å². The van der Waals surface area contributed by atoms with Crippen molar-refractivity contribution in [2.75, 3.05) is 18.6 Å². The summed E-state index contributed by atoms with van der Waals surface area (Å²) in [5, 5.41) is 8.38. The van der Waals surface area contributed by atoms with Crippen molar-refractivity contribution in [1.29, 1.82) is 5.26 Å². The SMILES string of the molecule is CN1C(=O)COc2ccc(C(F)(F)CC#N)cc21. The molecule has 1 aromatic rings. The Morgan fingerprint density at radius 3 is 2.94 bits per heavy atom. The quantitative estimate of drug-likeness (QED) is 0.809. The second-order valence-electron chi connectivity index (χ2n) is 3.96. The minimum absolute atomic E-state index is 0.0998. The van der Waals surface area contributed by atoms with E-state index in [0.29, 0.717) is 11.4 Å². The zero-order chi connectivity index (χ0) is 13.3. The number of hydrogen-bond donors (Lipinski definition) is 0. The highest BCUT2D eigenvalue weighted by Gasteiger charge is 2.33. The van der Waals surface area contributed by atoms with Crippen molar-refractivity contribution in [3.05, 3.63) is 23.8 Å². The van der Waals surface area contributed by atoms with Gasteiger partial charge < -0.3 is 9.64 Å². The normalized spacial score (nSPS) is 14.8. The van der Waals surface area contributed by atoms with Gasteiger partial charge >= 0.3 is 0 Å². The predicted octanol–water partition coefficient (Wildman–Crippen LogP) is 2.05. The first kappa shape index (κ1) is 12.3. The van der Waals surface area contributed by atoms with Gasteiger partial charge in [0.1, 0.15) is 12.2 Å². The molecular weight excluding hydrogens is 242 g/mol. The highest BCUT2D eigenvalue weighted by Crippen LogP contribution is 2.38. The van der Waals surface area contributed by atoms with E-state index >= 15 is 0 Å². The minimum atomic E-state index is -3.23. The summed E-state index contributed by atoms with van der Waals surface area (Å²) in [6, 6.07) is 5.22. The standard InChI is InChI=1S/C12H10F2N2O2/c1-16-9-6-8(12(13,14)4-5-15)2-3-10(9)18-7-11(16)17/h2-3,6H,4,7H2,1H3. The third kappa shape index (κ3) is 1.99. The van der Waals surface area contributed by atoms with E-state index in [2.05, 4.69) is 0 Å². The summed E-state index contributed by atoms with van der Waals surface area (Å²) in [5.41, 5.74) is -0.00526. The van der Waals surface area contributed by atoms with Gasteiger partial charge in [-0.3, -0.25) is 4.79 Å². The molecule has 0 unspecified atom stereocenters. The number of halogens is 2. The number of anilines is 1. The molecule has 0 saturated heterocycles. The number of nitrogens with zero attached hydrogens (tertiary/aromatic N) is 2. The van der Waals surface area contributed by atoms with Gasteiger partial charge in [0.25, 0.3) is 11.8 Å². The fourth-order valence-electron chi connectivity index (χ4n) is 1.70. The minimum Gasteiger partial charge on any atom is -0.482 e. The zero-order valence-electron chi connectivity index (χ0n) is 9.61. The van der Waals surface area contributed by atoms with E-state index in [9.17, 15) is 13.6 Å². The van der Waals surface area contributed by atoms with Gasteiger partial charge in [-0.2, -0.15) is 5.26 Å². The molecule has 1 aromatic carbocycles. The lowest BCUT2D eigenvalue weighted by molar-refractivity contribution is -0.121. The Labute approximate surface area is 102 Å². The molecule has 0 atom stereocenters. The number of carbonyl (C=O) groups is 1. The Balaban J connectivity index is 2.44. The monoisotopic (exact) mass is 252 g/mol. The molecule has 4 nitrogen and oxygen atoms in total. The first-order valence-electron chi connectivity index (χ1n) is 5.24. The molecule has 0 radical (unpaired) electrons. The molecule has 1 heterocycles. The molecule has 1 aliphatic rings. The number of rotatable bonds is 2. The number of ether oxygens (including phenoxy) is 1. The maximum Gasteiger partial charge on any atom is 0.286 e. The predicted molar refractivity (Wildman–Crippen MR) is 59.5 cm³/mol. The fourth-order valence-corrected chi connectivity index (χ4v) is 1.70. The highest BCUT2D eigenvalue weighted by atomic mass is 19.3. The first-order chi connectivity index (χ1) is 8.45. The molecule has 18 heavy (non-hydrogen) atoms. The van der Waals surface area contributed by atoms with Gasteiger partial charge in [-0.05, 0) is 18.2 Å².